The second kappa shape index (κ2) is 8.91. The molecule has 0 aliphatic rings. The van der Waals surface area contributed by atoms with E-state index in [9.17, 15) is 0 Å². The van der Waals surface area contributed by atoms with E-state index in [0.29, 0.717) is 6.42 Å². The van der Waals surface area contributed by atoms with Crippen molar-refractivity contribution in [2.75, 3.05) is 6.61 Å². The first-order valence-electron chi connectivity index (χ1n) is 7.38. The second-order valence-electron chi connectivity index (χ2n) is 5.72. The molecule has 22 heavy (non-hydrogen) atoms. The van der Waals surface area contributed by atoms with Crippen LogP contribution in [0.25, 0.3) is 11.1 Å². The average molecular weight is 321 g/mol. The number of benzene rings is 2. The van der Waals surface area contributed by atoms with Crippen molar-refractivity contribution in [3.63, 3.8) is 0 Å². The van der Waals surface area contributed by atoms with Gasteiger partial charge in [0.05, 0.1) is 6.61 Å². The zero-order chi connectivity index (χ0) is 15.2. The van der Waals surface area contributed by atoms with Crippen LogP contribution < -0.4 is 11.5 Å². The van der Waals surface area contributed by atoms with Crippen LogP contribution in [0.5, 0.6) is 0 Å². The molecule has 5 N–H and O–H groups in total. The third kappa shape index (κ3) is 5.43. The maximum Gasteiger partial charge on any atom is 0.0585 e. The van der Waals surface area contributed by atoms with Crippen LogP contribution >= 0.6 is 12.4 Å². The lowest BCUT2D eigenvalue weighted by Crippen LogP contribution is -2.26. The van der Waals surface area contributed by atoms with Gasteiger partial charge in [-0.25, -0.2) is 0 Å². The van der Waals surface area contributed by atoms with Crippen molar-refractivity contribution < 1.29 is 5.11 Å². The minimum absolute atomic E-state index is 0. The Morgan fingerprint density at radius 1 is 0.818 bits per heavy atom. The fourth-order valence-corrected chi connectivity index (χ4v) is 2.41. The average Bonchev–Trinajstić information content (AvgIpc) is 2.48. The molecular weight excluding hydrogens is 296 g/mol. The predicted octanol–water partition coefficient (Wildman–Crippen LogP) is 2.53. The van der Waals surface area contributed by atoms with Crippen LogP contribution in [-0.2, 0) is 12.8 Å². The molecule has 4 heteroatoms. The van der Waals surface area contributed by atoms with Crippen LogP contribution in [0.2, 0.25) is 0 Å². The van der Waals surface area contributed by atoms with Gasteiger partial charge in [0.1, 0.15) is 0 Å². The summed E-state index contributed by atoms with van der Waals surface area (Å²) in [6.07, 6.45) is 1.60. The zero-order valence-electron chi connectivity index (χ0n) is 12.9. The molecule has 0 amide bonds. The lowest BCUT2D eigenvalue weighted by Gasteiger charge is -2.10. The summed E-state index contributed by atoms with van der Waals surface area (Å²) in [5.41, 5.74) is 16.4. The minimum Gasteiger partial charge on any atom is -0.395 e. The smallest absolute Gasteiger partial charge is 0.0585 e. The summed E-state index contributed by atoms with van der Waals surface area (Å²) < 4.78 is 0. The summed E-state index contributed by atoms with van der Waals surface area (Å²) >= 11 is 0. The van der Waals surface area contributed by atoms with Gasteiger partial charge >= 0.3 is 0 Å². The van der Waals surface area contributed by atoms with Gasteiger partial charge in [0.2, 0.25) is 0 Å². The first-order valence-corrected chi connectivity index (χ1v) is 7.38. The van der Waals surface area contributed by atoms with E-state index in [1.54, 1.807) is 0 Å². The second-order valence-corrected chi connectivity index (χ2v) is 5.72. The van der Waals surface area contributed by atoms with Gasteiger partial charge in [-0.05, 0) is 42.0 Å². The normalized spacial score (nSPS) is 13.3. The molecule has 120 valence electrons. The van der Waals surface area contributed by atoms with Gasteiger partial charge < -0.3 is 16.6 Å². The highest BCUT2D eigenvalue weighted by Crippen LogP contribution is 2.21. The van der Waals surface area contributed by atoms with Crippen LogP contribution in [0.1, 0.15) is 18.1 Å². The fourth-order valence-electron chi connectivity index (χ4n) is 2.41. The maximum absolute atomic E-state index is 8.98. The van der Waals surface area contributed by atoms with Crippen molar-refractivity contribution in [3.05, 3.63) is 59.7 Å². The zero-order valence-corrected chi connectivity index (χ0v) is 13.7. The number of hydrogen-bond donors (Lipinski definition) is 3. The highest BCUT2D eigenvalue weighted by molar-refractivity contribution is 5.85. The highest BCUT2D eigenvalue weighted by atomic mass is 35.5. The van der Waals surface area contributed by atoms with Gasteiger partial charge in [0.15, 0.2) is 0 Å². The SMILES string of the molecule is CC(N)Cc1ccc(-c2ccc(CC(N)CO)cc2)cc1.Cl. The predicted molar refractivity (Wildman–Crippen MR) is 95.2 cm³/mol. The van der Waals surface area contributed by atoms with E-state index in [-0.39, 0.29) is 31.1 Å². The topological polar surface area (TPSA) is 72.3 Å². The maximum atomic E-state index is 8.98. The van der Waals surface area contributed by atoms with Crippen molar-refractivity contribution in [2.45, 2.75) is 31.8 Å². The van der Waals surface area contributed by atoms with E-state index >= 15 is 0 Å². The van der Waals surface area contributed by atoms with E-state index in [4.69, 9.17) is 16.6 Å². The fraction of sp³-hybridized carbons (Fsp3) is 0.333. The molecule has 0 aromatic heterocycles. The van der Waals surface area contributed by atoms with Crippen molar-refractivity contribution in [2.24, 2.45) is 11.5 Å². The molecule has 0 saturated carbocycles. The molecule has 0 spiro atoms. The van der Waals surface area contributed by atoms with Gasteiger partial charge in [0.25, 0.3) is 0 Å². The number of aliphatic hydroxyl groups is 1. The van der Waals surface area contributed by atoms with E-state index in [1.807, 2.05) is 6.92 Å². The molecule has 0 radical (unpaired) electrons. The van der Waals surface area contributed by atoms with E-state index < -0.39 is 0 Å². The third-order valence-electron chi connectivity index (χ3n) is 3.53. The lowest BCUT2D eigenvalue weighted by molar-refractivity contribution is 0.265. The Balaban J connectivity index is 0.00000242. The number of rotatable bonds is 6. The lowest BCUT2D eigenvalue weighted by atomic mass is 9.99. The van der Waals surface area contributed by atoms with E-state index in [2.05, 4.69) is 48.5 Å². The Morgan fingerprint density at radius 3 is 1.59 bits per heavy atom. The molecule has 0 heterocycles. The number of nitrogens with two attached hydrogens (primary N) is 2. The van der Waals surface area contributed by atoms with Crippen molar-refractivity contribution in [1.29, 1.82) is 0 Å². The molecule has 0 aliphatic carbocycles. The third-order valence-corrected chi connectivity index (χ3v) is 3.53. The van der Waals surface area contributed by atoms with Crippen LogP contribution in [-0.4, -0.2) is 23.8 Å². The number of aliphatic hydroxyl groups excluding tert-OH is 1. The summed E-state index contributed by atoms with van der Waals surface area (Å²) in [6.45, 7) is 2.03. The number of halogens is 1. The molecule has 2 aromatic carbocycles. The van der Waals surface area contributed by atoms with Gasteiger partial charge in [0, 0.05) is 12.1 Å². The summed E-state index contributed by atoms with van der Waals surface area (Å²) in [4.78, 5) is 0. The van der Waals surface area contributed by atoms with Crippen LogP contribution in [0.4, 0.5) is 0 Å². The monoisotopic (exact) mass is 320 g/mol. The summed E-state index contributed by atoms with van der Waals surface area (Å²) in [7, 11) is 0. The largest absolute Gasteiger partial charge is 0.395 e. The molecule has 2 atom stereocenters. The molecular formula is C18H25ClN2O. The van der Waals surface area contributed by atoms with Gasteiger partial charge in [-0.3, -0.25) is 0 Å². The summed E-state index contributed by atoms with van der Waals surface area (Å²) in [6, 6.07) is 16.9. The Hall–Kier alpha value is -1.39. The Kier molecular flexibility index (Phi) is 7.56. The van der Waals surface area contributed by atoms with E-state index in [0.717, 1.165) is 12.0 Å². The Bertz CT molecular complexity index is 552. The molecule has 2 rings (SSSR count). The summed E-state index contributed by atoms with van der Waals surface area (Å²) in [5.74, 6) is 0. The molecule has 2 aromatic rings. The van der Waals surface area contributed by atoms with Crippen molar-refractivity contribution in [1.82, 2.24) is 0 Å². The van der Waals surface area contributed by atoms with Gasteiger partial charge in [-0.15, -0.1) is 12.4 Å². The molecule has 2 unspecified atom stereocenters. The first kappa shape index (κ1) is 18.7. The molecule has 0 aliphatic heterocycles. The van der Waals surface area contributed by atoms with Gasteiger partial charge in [-0.1, -0.05) is 48.5 Å². The molecule has 3 nitrogen and oxygen atoms in total. The Labute approximate surface area is 138 Å². The van der Waals surface area contributed by atoms with Crippen LogP contribution in [0.3, 0.4) is 0 Å². The number of hydrogen-bond acceptors (Lipinski definition) is 3. The van der Waals surface area contributed by atoms with Crippen molar-refractivity contribution >= 4 is 12.4 Å². The summed E-state index contributed by atoms with van der Waals surface area (Å²) in [5, 5.41) is 8.98. The standard InChI is InChI=1S/C18H24N2O.ClH/c1-13(19)10-14-2-6-16(7-3-14)17-8-4-15(5-9-17)11-18(20)12-21;/h2-9,13,18,21H,10-12,19-20H2,1H3;1H. The van der Waals surface area contributed by atoms with E-state index in [1.165, 1.54) is 16.7 Å². The Morgan fingerprint density at radius 2 is 1.23 bits per heavy atom. The van der Waals surface area contributed by atoms with Crippen molar-refractivity contribution in [3.8, 4) is 11.1 Å². The molecule has 0 fully saturated rings. The van der Waals surface area contributed by atoms with Crippen LogP contribution in [0.15, 0.2) is 48.5 Å². The molecule has 0 saturated heterocycles. The van der Waals surface area contributed by atoms with Gasteiger partial charge in [-0.2, -0.15) is 0 Å². The quantitative estimate of drug-likeness (QED) is 0.766. The van der Waals surface area contributed by atoms with Crippen LogP contribution in [0, 0.1) is 0 Å². The molecule has 0 bridgehead atoms. The minimum atomic E-state index is -0.187. The highest BCUT2D eigenvalue weighted by Gasteiger charge is 2.04. The first-order chi connectivity index (χ1) is 10.1.